The average molecular weight is 241 g/mol. The average Bonchev–Trinajstić information content (AvgIpc) is 2.41. The van der Waals surface area contributed by atoms with Crippen molar-refractivity contribution in [2.24, 2.45) is 0 Å². The van der Waals surface area contributed by atoms with Crippen molar-refractivity contribution in [2.75, 3.05) is 0 Å². The van der Waals surface area contributed by atoms with Crippen LogP contribution in [-0.4, -0.2) is 8.32 Å². The zero-order valence-corrected chi connectivity index (χ0v) is 11.1. The van der Waals surface area contributed by atoms with Gasteiger partial charge in [0, 0.05) is 0 Å². The summed E-state index contributed by atoms with van der Waals surface area (Å²) >= 11 is 0. The van der Waals surface area contributed by atoms with Crippen LogP contribution in [0.5, 0.6) is 0 Å². The van der Waals surface area contributed by atoms with E-state index in [2.05, 4.69) is 6.92 Å². The van der Waals surface area contributed by atoms with Gasteiger partial charge in [0.2, 0.25) is 0 Å². The summed E-state index contributed by atoms with van der Waals surface area (Å²) in [6.07, 6.45) is 0.944. The molecule has 0 saturated heterocycles. The van der Waals surface area contributed by atoms with E-state index in [0.29, 0.717) is 0 Å². The Morgan fingerprint density at radius 1 is 0.824 bits per heavy atom. The Morgan fingerprint density at radius 2 is 1.24 bits per heavy atom. The molecule has 2 rings (SSSR count). The van der Waals surface area contributed by atoms with Crippen LogP contribution in [0.25, 0.3) is 0 Å². The summed E-state index contributed by atoms with van der Waals surface area (Å²) in [6, 6.07) is 20.5. The predicted octanol–water partition coefficient (Wildman–Crippen LogP) is 2.59. The van der Waals surface area contributed by atoms with Gasteiger partial charge >= 0.3 is 0 Å². The number of rotatable bonds is 4. The summed E-state index contributed by atoms with van der Waals surface area (Å²) in [5.41, 5.74) is 0. The lowest BCUT2D eigenvalue weighted by Gasteiger charge is -2.23. The summed E-state index contributed by atoms with van der Waals surface area (Å²) in [7, 11) is -2.75. The molecule has 0 atom stereocenters. The molecule has 0 heterocycles. The molecule has 0 bridgehead atoms. The van der Waals surface area contributed by atoms with Crippen LogP contribution in [0.15, 0.2) is 60.7 Å². The van der Waals surface area contributed by atoms with Crippen molar-refractivity contribution >= 4 is 18.7 Å². The SMILES string of the molecule is CCC[Si]([O])(c1ccccc1)c1ccccc1. The van der Waals surface area contributed by atoms with Crippen LogP contribution in [0.2, 0.25) is 6.04 Å². The van der Waals surface area contributed by atoms with Crippen LogP contribution in [-0.2, 0) is 4.80 Å². The number of benzene rings is 2. The van der Waals surface area contributed by atoms with Gasteiger partial charge in [0.1, 0.15) is 0 Å². The van der Waals surface area contributed by atoms with Crippen molar-refractivity contribution in [1.82, 2.24) is 0 Å². The third-order valence-corrected chi connectivity index (χ3v) is 6.82. The van der Waals surface area contributed by atoms with Crippen LogP contribution in [0.4, 0.5) is 0 Å². The molecule has 2 aromatic carbocycles. The Morgan fingerprint density at radius 3 is 1.59 bits per heavy atom. The topological polar surface area (TPSA) is 19.9 Å². The molecule has 87 valence electrons. The molecule has 2 aromatic rings. The lowest BCUT2D eigenvalue weighted by Crippen LogP contribution is -2.57. The van der Waals surface area contributed by atoms with Crippen LogP contribution in [0.1, 0.15) is 13.3 Å². The smallest absolute Gasteiger partial charge is 0.285 e. The monoisotopic (exact) mass is 241 g/mol. The van der Waals surface area contributed by atoms with Gasteiger partial charge in [-0.2, -0.15) is 0 Å². The molecule has 0 spiro atoms. The minimum atomic E-state index is -2.75. The molecule has 0 aliphatic rings. The van der Waals surface area contributed by atoms with Crippen molar-refractivity contribution < 1.29 is 4.80 Å². The van der Waals surface area contributed by atoms with Gasteiger partial charge in [0.15, 0.2) is 0 Å². The Hall–Kier alpha value is -1.38. The summed E-state index contributed by atoms with van der Waals surface area (Å²) in [4.78, 5) is 13.2. The minimum Gasteiger partial charge on any atom is -0.285 e. The van der Waals surface area contributed by atoms with E-state index in [1.54, 1.807) is 0 Å². The first kappa shape index (κ1) is 12.1. The second kappa shape index (κ2) is 5.30. The third kappa shape index (κ3) is 2.48. The van der Waals surface area contributed by atoms with E-state index in [1.165, 1.54) is 0 Å². The standard InChI is InChI=1S/C15H17OSi/c1-2-13-17(16,14-9-5-3-6-10-14)15-11-7-4-8-12-15/h3-12H,2,13H2,1H3. The van der Waals surface area contributed by atoms with Crippen molar-refractivity contribution in [3.8, 4) is 0 Å². The maximum atomic E-state index is 13.2. The minimum absolute atomic E-state index is 0.765. The van der Waals surface area contributed by atoms with Gasteiger partial charge in [-0.15, -0.1) is 0 Å². The summed E-state index contributed by atoms with van der Waals surface area (Å²) in [6.45, 7) is 2.09. The molecule has 0 aromatic heterocycles. The molecule has 0 unspecified atom stereocenters. The maximum Gasteiger partial charge on any atom is 0.298 e. The van der Waals surface area contributed by atoms with Crippen molar-refractivity contribution in [3.63, 3.8) is 0 Å². The van der Waals surface area contributed by atoms with Crippen LogP contribution >= 0.6 is 0 Å². The van der Waals surface area contributed by atoms with Crippen molar-refractivity contribution in [3.05, 3.63) is 60.7 Å². The largest absolute Gasteiger partial charge is 0.298 e. The van der Waals surface area contributed by atoms with E-state index in [0.717, 1.165) is 22.8 Å². The summed E-state index contributed by atoms with van der Waals surface area (Å²) in [5.74, 6) is 0. The van der Waals surface area contributed by atoms with Crippen LogP contribution in [0, 0.1) is 0 Å². The highest BCUT2D eigenvalue weighted by Gasteiger charge is 2.37. The fraction of sp³-hybridized carbons (Fsp3) is 0.200. The lowest BCUT2D eigenvalue weighted by molar-refractivity contribution is 0.440. The van der Waals surface area contributed by atoms with E-state index >= 15 is 0 Å². The van der Waals surface area contributed by atoms with Crippen LogP contribution in [0.3, 0.4) is 0 Å². The molecule has 17 heavy (non-hydrogen) atoms. The van der Waals surface area contributed by atoms with E-state index in [1.807, 2.05) is 60.7 Å². The Kier molecular flexibility index (Phi) is 3.77. The second-order valence-electron chi connectivity index (χ2n) is 4.31. The molecule has 0 aliphatic carbocycles. The van der Waals surface area contributed by atoms with Gasteiger partial charge in [0.25, 0.3) is 8.32 Å². The highest BCUT2D eigenvalue weighted by Crippen LogP contribution is 2.11. The van der Waals surface area contributed by atoms with Gasteiger partial charge in [-0.3, -0.25) is 4.80 Å². The quantitative estimate of drug-likeness (QED) is 0.733. The van der Waals surface area contributed by atoms with Gasteiger partial charge in [-0.05, 0) is 16.4 Å². The fourth-order valence-corrected chi connectivity index (χ4v) is 5.30. The molecule has 1 nitrogen and oxygen atoms in total. The fourth-order valence-electron chi connectivity index (χ4n) is 2.22. The normalized spacial score (nSPS) is 11.4. The predicted molar refractivity (Wildman–Crippen MR) is 73.7 cm³/mol. The van der Waals surface area contributed by atoms with Gasteiger partial charge in [-0.25, -0.2) is 0 Å². The molecular weight excluding hydrogens is 224 g/mol. The first-order valence-electron chi connectivity index (χ1n) is 6.09. The van der Waals surface area contributed by atoms with E-state index in [9.17, 15) is 4.80 Å². The summed E-state index contributed by atoms with van der Waals surface area (Å²) in [5, 5.41) is 1.99. The molecular formula is C15H17OSi. The maximum absolute atomic E-state index is 13.2. The highest BCUT2D eigenvalue weighted by atomic mass is 28.4. The zero-order chi connectivity index (χ0) is 12.1. The molecule has 0 N–H and O–H groups in total. The molecule has 1 radical (unpaired) electrons. The Bertz CT molecular complexity index is 413. The molecule has 0 aliphatic heterocycles. The first-order chi connectivity index (χ1) is 8.27. The number of hydrogen-bond donors (Lipinski definition) is 0. The van der Waals surface area contributed by atoms with E-state index in [4.69, 9.17) is 0 Å². The van der Waals surface area contributed by atoms with Gasteiger partial charge < -0.3 is 0 Å². The zero-order valence-electron chi connectivity index (χ0n) is 10.1. The lowest BCUT2D eigenvalue weighted by atomic mass is 10.4. The van der Waals surface area contributed by atoms with Crippen molar-refractivity contribution in [2.45, 2.75) is 19.4 Å². The van der Waals surface area contributed by atoms with Gasteiger partial charge in [-0.1, -0.05) is 74.0 Å². The molecule has 0 fully saturated rings. The van der Waals surface area contributed by atoms with Gasteiger partial charge in [0.05, 0.1) is 0 Å². The molecule has 0 amide bonds. The van der Waals surface area contributed by atoms with E-state index in [-0.39, 0.29) is 0 Å². The highest BCUT2D eigenvalue weighted by molar-refractivity contribution is 6.96. The number of hydrogen-bond acceptors (Lipinski definition) is 0. The van der Waals surface area contributed by atoms with Crippen molar-refractivity contribution in [1.29, 1.82) is 0 Å². The molecule has 2 heteroatoms. The second-order valence-corrected chi connectivity index (χ2v) is 7.62. The summed E-state index contributed by atoms with van der Waals surface area (Å²) < 4.78 is 0. The first-order valence-corrected chi connectivity index (χ1v) is 8.20. The molecule has 0 saturated carbocycles. The Labute approximate surface area is 104 Å². The van der Waals surface area contributed by atoms with E-state index < -0.39 is 8.32 Å². The Balaban J connectivity index is 2.47. The van der Waals surface area contributed by atoms with Crippen LogP contribution < -0.4 is 10.4 Å². The third-order valence-electron chi connectivity index (χ3n) is 3.08.